The number of halogens is 1. The predicted octanol–water partition coefficient (Wildman–Crippen LogP) is 3.13. The molecule has 5 nitrogen and oxygen atoms in total. The first-order valence-electron chi connectivity index (χ1n) is 6.56. The van der Waals surface area contributed by atoms with Crippen molar-refractivity contribution in [1.29, 1.82) is 0 Å². The van der Waals surface area contributed by atoms with Crippen LogP contribution >= 0.6 is 15.9 Å². The number of aromatic nitrogens is 3. The average Bonchev–Trinajstić information content (AvgIpc) is 2.95. The lowest BCUT2D eigenvalue weighted by Gasteiger charge is -2.25. The number of furan rings is 1. The molecule has 0 radical (unpaired) electrons. The third-order valence-electron chi connectivity index (χ3n) is 3.45. The molecule has 1 aliphatic rings. The maximum Gasteiger partial charge on any atom is 0.169 e. The lowest BCUT2D eigenvalue weighted by Crippen LogP contribution is -2.30. The summed E-state index contributed by atoms with van der Waals surface area (Å²) in [5, 5.41) is 8.00. The fraction of sp³-hybridized carbons (Fsp3) is 0.538. The number of hydrogen-bond donors (Lipinski definition) is 1. The van der Waals surface area contributed by atoms with Crippen LogP contribution in [0.2, 0.25) is 0 Å². The summed E-state index contributed by atoms with van der Waals surface area (Å²) in [5.74, 6) is 2.82. The van der Waals surface area contributed by atoms with Crippen LogP contribution in [0.5, 0.6) is 0 Å². The largest absolute Gasteiger partial charge is 0.453 e. The number of hydrogen-bond acceptors (Lipinski definition) is 4. The lowest BCUT2D eigenvalue weighted by atomic mass is 10.1. The Morgan fingerprint density at radius 3 is 3.11 bits per heavy atom. The number of rotatable bonds is 3. The van der Waals surface area contributed by atoms with Crippen molar-refractivity contribution >= 4 is 15.9 Å². The van der Waals surface area contributed by atoms with Crippen LogP contribution < -0.4 is 5.32 Å². The van der Waals surface area contributed by atoms with Gasteiger partial charge in [0.2, 0.25) is 0 Å². The molecule has 0 saturated carbocycles. The molecule has 0 fully saturated rings. The first-order valence-corrected chi connectivity index (χ1v) is 7.35. The molecule has 0 bridgehead atoms. The number of fused-ring (bicyclic) bond motifs is 1. The Hall–Kier alpha value is -1.14. The van der Waals surface area contributed by atoms with Gasteiger partial charge in [-0.05, 0) is 54.8 Å². The number of nitrogens with zero attached hydrogens (tertiary/aromatic N) is 3. The van der Waals surface area contributed by atoms with E-state index in [0.717, 1.165) is 41.5 Å². The molecule has 102 valence electrons. The summed E-state index contributed by atoms with van der Waals surface area (Å²) in [5.41, 5.74) is 0. The first-order chi connectivity index (χ1) is 9.13. The Kier molecular flexibility index (Phi) is 3.45. The molecule has 0 saturated heterocycles. The van der Waals surface area contributed by atoms with E-state index in [2.05, 4.69) is 38.3 Å². The third kappa shape index (κ3) is 2.60. The minimum Gasteiger partial charge on any atom is -0.453 e. The van der Waals surface area contributed by atoms with E-state index in [0.29, 0.717) is 0 Å². The summed E-state index contributed by atoms with van der Waals surface area (Å²) in [6.45, 7) is 5.01. The Bertz CT molecular complexity index is 577. The molecule has 0 spiro atoms. The van der Waals surface area contributed by atoms with Crippen molar-refractivity contribution < 1.29 is 4.42 Å². The molecule has 3 heterocycles. The molecule has 2 aromatic rings. The van der Waals surface area contributed by atoms with Gasteiger partial charge in [-0.3, -0.25) is 5.32 Å². The molecule has 19 heavy (non-hydrogen) atoms. The van der Waals surface area contributed by atoms with Crippen LogP contribution in [0.15, 0.2) is 21.2 Å². The van der Waals surface area contributed by atoms with Crippen LogP contribution in [0.25, 0.3) is 0 Å². The fourth-order valence-electron chi connectivity index (χ4n) is 2.57. The maximum atomic E-state index is 5.59. The number of aryl methyl sites for hydroxylation is 2. The SMILES string of the molecule is Cc1nc2n(n1)CCC[C@H]2N[C@@H](C)c1ccc(Br)o1. The van der Waals surface area contributed by atoms with E-state index in [4.69, 9.17) is 4.42 Å². The van der Waals surface area contributed by atoms with Gasteiger partial charge in [-0.15, -0.1) is 0 Å². The monoisotopic (exact) mass is 324 g/mol. The lowest BCUT2D eigenvalue weighted by molar-refractivity contribution is 0.320. The van der Waals surface area contributed by atoms with Crippen molar-refractivity contribution in [3.8, 4) is 0 Å². The second-order valence-corrected chi connectivity index (χ2v) is 5.75. The molecular formula is C13H17BrN4O. The topological polar surface area (TPSA) is 55.9 Å². The van der Waals surface area contributed by atoms with Crippen LogP contribution in [0.1, 0.15) is 49.3 Å². The molecule has 3 rings (SSSR count). The summed E-state index contributed by atoms with van der Waals surface area (Å²) in [4.78, 5) is 4.53. The smallest absolute Gasteiger partial charge is 0.169 e. The molecule has 0 aromatic carbocycles. The molecular weight excluding hydrogens is 308 g/mol. The summed E-state index contributed by atoms with van der Waals surface area (Å²) in [7, 11) is 0. The Morgan fingerprint density at radius 1 is 1.53 bits per heavy atom. The second-order valence-electron chi connectivity index (χ2n) is 4.97. The van der Waals surface area contributed by atoms with Crippen molar-refractivity contribution in [2.24, 2.45) is 0 Å². The molecule has 2 atom stereocenters. The quantitative estimate of drug-likeness (QED) is 0.942. The summed E-state index contributed by atoms with van der Waals surface area (Å²) >= 11 is 3.33. The van der Waals surface area contributed by atoms with Gasteiger partial charge >= 0.3 is 0 Å². The van der Waals surface area contributed by atoms with Crippen molar-refractivity contribution in [1.82, 2.24) is 20.1 Å². The second kappa shape index (κ2) is 5.09. The van der Waals surface area contributed by atoms with Gasteiger partial charge in [0.25, 0.3) is 0 Å². The molecule has 1 aliphatic heterocycles. The van der Waals surface area contributed by atoms with Crippen molar-refractivity contribution in [2.75, 3.05) is 0 Å². The standard InChI is InChI=1S/C13H17BrN4O/c1-8(11-5-6-12(14)19-11)15-10-4-3-7-18-13(10)16-9(2)17-18/h5-6,8,10,15H,3-4,7H2,1-2H3/t8-,10+/m0/s1. The van der Waals surface area contributed by atoms with Gasteiger partial charge in [-0.1, -0.05) is 0 Å². The van der Waals surface area contributed by atoms with E-state index in [1.165, 1.54) is 0 Å². The molecule has 1 N–H and O–H groups in total. The zero-order valence-corrected chi connectivity index (χ0v) is 12.6. The van der Waals surface area contributed by atoms with Gasteiger partial charge in [0.05, 0.1) is 12.1 Å². The van der Waals surface area contributed by atoms with Gasteiger partial charge < -0.3 is 4.42 Å². The molecule has 2 aromatic heterocycles. The molecule has 0 aliphatic carbocycles. The van der Waals surface area contributed by atoms with Gasteiger partial charge in [0, 0.05) is 6.54 Å². The third-order valence-corrected chi connectivity index (χ3v) is 3.88. The van der Waals surface area contributed by atoms with Crippen LogP contribution in [-0.4, -0.2) is 14.8 Å². The predicted molar refractivity (Wildman–Crippen MR) is 74.7 cm³/mol. The van der Waals surface area contributed by atoms with E-state index in [9.17, 15) is 0 Å². The zero-order valence-electron chi connectivity index (χ0n) is 11.1. The van der Waals surface area contributed by atoms with Gasteiger partial charge in [-0.25, -0.2) is 9.67 Å². The van der Waals surface area contributed by atoms with Crippen molar-refractivity contribution in [3.63, 3.8) is 0 Å². The minimum atomic E-state index is 0.153. The van der Waals surface area contributed by atoms with Crippen molar-refractivity contribution in [2.45, 2.75) is 45.3 Å². The number of nitrogens with one attached hydrogen (secondary N) is 1. The summed E-state index contributed by atoms with van der Waals surface area (Å²) in [6.07, 6.45) is 2.21. The summed E-state index contributed by atoms with van der Waals surface area (Å²) in [6, 6.07) is 4.30. The Balaban J connectivity index is 1.77. The minimum absolute atomic E-state index is 0.153. The van der Waals surface area contributed by atoms with Crippen molar-refractivity contribution in [3.05, 3.63) is 34.2 Å². The van der Waals surface area contributed by atoms with E-state index >= 15 is 0 Å². The van der Waals surface area contributed by atoms with Gasteiger partial charge in [-0.2, -0.15) is 5.10 Å². The van der Waals surface area contributed by atoms with E-state index in [1.807, 2.05) is 23.7 Å². The highest BCUT2D eigenvalue weighted by Gasteiger charge is 2.25. The van der Waals surface area contributed by atoms with E-state index in [1.54, 1.807) is 0 Å². The first kappa shape index (κ1) is 12.9. The molecule has 0 amide bonds. The van der Waals surface area contributed by atoms with Crippen LogP contribution in [0.4, 0.5) is 0 Å². The van der Waals surface area contributed by atoms with Crippen LogP contribution in [0.3, 0.4) is 0 Å². The normalized spacial score (nSPS) is 20.3. The van der Waals surface area contributed by atoms with Gasteiger partial charge in [0.1, 0.15) is 17.4 Å². The summed E-state index contributed by atoms with van der Waals surface area (Å²) < 4.78 is 8.37. The Morgan fingerprint density at radius 2 is 2.37 bits per heavy atom. The van der Waals surface area contributed by atoms with Gasteiger partial charge in [0.15, 0.2) is 4.67 Å². The van der Waals surface area contributed by atoms with Crippen LogP contribution in [0, 0.1) is 6.92 Å². The highest BCUT2D eigenvalue weighted by molar-refractivity contribution is 9.10. The van der Waals surface area contributed by atoms with E-state index in [-0.39, 0.29) is 12.1 Å². The fourth-order valence-corrected chi connectivity index (χ4v) is 2.89. The zero-order chi connectivity index (χ0) is 13.4. The molecule has 6 heteroatoms. The highest BCUT2D eigenvalue weighted by atomic mass is 79.9. The maximum absolute atomic E-state index is 5.59. The van der Waals surface area contributed by atoms with Crippen LogP contribution in [-0.2, 0) is 6.54 Å². The Labute approximate surface area is 120 Å². The average molecular weight is 325 g/mol. The molecule has 0 unspecified atom stereocenters. The highest BCUT2D eigenvalue weighted by Crippen LogP contribution is 2.27. The van der Waals surface area contributed by atoms with E-state index < -0.39 is 0 Å².